The molecule has 1 atom stereocenters. The van der Waals surface area contributed by atoms with Gasteiger partial charge in [0.1, 0.15) is 6.61 Å². The summed E-state index contributed by atoms with van der Waals surface area (Å²) >= 11 is 0. The first-order valence-electron chi connectivity index (χ1n) is 8.84. The molecule has 23 heavy (non-hydrogen) atoms. The second kappa shape index (κ2) is 7.77. The van der Waals surface area contributed by atoms with E-state index in [-0.39, 0.29) is 12.1 Å². The van der Waals surface area contributed by atoms with Gasteiger partial charge in [-0.05, 0) is 30.9 Å². The largest absolute Gasteiger partial charge is 0.447 e. The molecule has 2 saturated heterocycles. The van der Waals surface area contributed by atoms with E-state index in [1.54, 1.807) is 0 Å². The van der Waals surface area contributed by atoms with Crippen LogP contribution < -0.4 is 0 Å². The Bertz CT molecular complexity index is 500. The highest BCUT2D eigenvalue weighted by molar-refractivity contribution is 5.70. The van der Waals surface area contributed by atoms with E-state index >= 15 is 0 Å². The number of rotatable bonds is 6. The van der Waals surface area contributed by atoms with E-state index in [0.717, 1.165) is 45.3 Å². The van der Waals surface area contributed by atoms with E-state index in [1.807, 2.05) is 23.4 Å². The second-order valence-corrected chi connectivity index (χ2v) is 6.65. The zero-order chi connectivity index (χ0) is 16.1. The van der Waals surface area contributed by atoms with Gasteiger partial charge >= 0.3 is 6.09 Å². The van der Waals surface area contributed by atoms with Gasteiger partial charge in [0.15, 0.2) is 0 Å². The zero-order valence-electron chi connectivity index (χ0n) is 14.0. The Morgan fingerprint density at radius 3 is 2.87 bits per heavy atom. The van der Waals surface area contributed by atoms with E-state index in [2.05, 4.69) is 22.9 Å². The lowest BCUT2D eigenvalue weighted by molar-refractivity contribution is 0.102. The summed E-state index contributed by atoms with van der Waals surface area (Å²) in [5.74, 6) is 0. The summed E-state index contributed by atoms with van der Waals surface area (Å²) in [4.78, 5) is 20.8. The van der Waals surface area contributed by atoms with Gasteiger partial charge in [-0.15, -0.1) is 0 Å². The fraction of sp³-hybridized carbons (Fsp3) is 0.667. The molecular formula is C18H27N3O2. The fourth-order valence-corrected chi connectivity index (χ4v) is 3.69. The average molecular weight is 317 g/mol. The minimum absolute atomic E-state index is 0.100. The molecule has 0 spiro atoms. The van der Waals surface area contributed by atoms with Gasteiger partial charge in [0, 0.05) is 38.1 Å². The Morgan fingerprint density at radius 1 is 1.35 bits per heavy atom. The number of carbonyl (C=O) groups excluding carboxylic acids is 1. The number of piperidine rings is 1. The van der Waals surface area contributed by atoms with Crippen LogP contribution in [0.1, 0.15) is 44.6 Å². The normalized spacial score (nSPS) is 23.3. The quantitative estimate of drug-likeness (QED) is 0.809. The second-order valence-electron chi connectivity index (χ2n) is 6.65. The molecule has 1 unspecified atom stereocenters. The van der Waals surface area contributed by atoms with E-state index < -0.39 is 0 Å². The first-order valence-corrected chi connectivity index (χ1v) is 8.84. The minimum Gasteiger partial charge on any atom is -0.447 e. The number of cyclic esters (lactones) is 1. The van der Waals surface area contributed by atoms with Crippen molar-refractivity contribution in [2.24, 2.45) is 0 Å². The zero-order valence-corrected chi connectivity index (χ0v) is 14.0. The highest BCUT2D eigenvalue weighted by Crippen LogP contribution is 2.26. The molecule has 5 nitrogen and oxygen atoms in total. The summed E-state index contributed by atoms with van der Waals surface area (Å²) in [5.41, 5.74) is 1.26. The lowest BCUT2D eigenvalue weighted by Gasteiger charge is -2.37. The van der Waals surface area contributed by atoms with Crippen molar-refractivity contribution < 1.29 is 9.53 Å². The first-order chi connectivity index (χ1) is 11.3. The molecule has 0 N–H and O–H groups in total. The van der Waals surface area contributed by atoms with E-state index in [9.17, 15) is 4.79 Å². The summed E-state index contributed by atoms with van der Waals surface area (Å²) in [5, 5.41) is 0. The average Bonchev–Trinajstić information content (AvgIpc) is 2.95. The van der Waals surface area contributed by atoms with Gasteiger partial charge in [0.25, 0.3) is 0 Å². The maximum Gasteiger partial charge on any atom is 0.410 e. The molecule has 1 amide bonds. The van der Waals surface area contributed by atoms with Crippen molar-refractivity contribution in [3.8, 4) is 0 Å². The third-order valence-electron chi connectivity index (χ3n) is 4.97. The molecule has 3 rings (SSSR count). The van der Waals surface area contributed by atoms with Crippen LogP contribution in [0.5, 0.6) is 0 Å². The van der Waals surface area contributed by atoms with Crippen LogP contribution in [-0.4, -0.2) is 52.7 Å². The lowest BCUT2D eigenvalue weighted by atomic mass is 10.00. The van der Waals surface area contributed by atoms with Crippen molar-refractivity contribution in [2.75, 3.05) is 19.7 Å². The van der Waals surface area contributed by atoms with Crippen LogP contribution in [0.15, 0.2) is 24.5 Å². The van der Waals surface area contributed by atoms with Gasteiger partial charge in [-0.25, -0.2) is 4.79 Å². The molecule has 0 saturated carbocycles. The number of nitrogens with zero attached hydrogens (tertiary/aromatic N) is 3. The minimum atomic E-state index is -0.100. The highest BCUT2D eigenvalue weighted by atomic mass is 16.6. The van der Waals surface area contributed by atoms with Crippen molar-refractivity contribution in [1.82, 2.24) is 14.8 Å². The Morgan fingerprint density at radius 2 is 2.17 bits per heavy atom. The maximum absolute atomic E-state index is 12.1. The molecule has 0 radical (unpaired) electrons. The molecular weight excluding hydrogens is 290 g/mol. The molecule has 0 aliphatic carbocycles. The lowest BCUT2D eigenvalue weighted by Crippen LogP contribution is -2.48. The number of unbranched alkanes of at least 4 members (excludes halogenated alkanes) is 1. The van der Waals surface area contributed by atoms with Gasteiger partial charge in [0.2, 0.25) is 0 Å². The van der Waals surface area contributed by atoms with Gasteiger partial charge in [-0.1, -0.05) is 25.8 Å². The third kappa shape index (κ3) is 4.02. The van der Waals surface area contributed by atoms with Crippen LogP contribution >= 0.6 is 0 Å². The predicted octanol–water partition coefficient (Wildman–Crippen LogP) is 3.06. The van der Waals surface area contributed by atoms with Gasteiger partial charge in [-0.2, -0.15) is 0 Å². The highest BCUT2D eigenvalue weighted by Gasteiger charge is 2.38. The monoisotopic (exact) mass is 317 g/mol. The van der Waals surface area contributed by atoms with Gasteiger partial charge in [0.05, 0.1) is 6.04 Å². The predicted molar refractivity (Wildman–Crippen MR) is 89.0 cm³/mol. The Balaban J connectivity index is 1.52. The first kappa shape index (κ1) is 16.2. The number of hydrogen-bond donors (Lipinski definition) is 0. The summed E-state index contributed by atoms with van der Waals surface area (Å²) in [7, 11) is 0. The summed E-state index contributed by atoms with van der Waals surface area (Å²) in [6, 6.07) is 4.74. The number of carbonyl (C=O) groups is 1. The molecule has 1 aromatic rings. The SMILES string of the molecule is CCCCC1COC(=O)N1C1CCN(Cc2cccnc2)CC1. The Kier molecular flexibility index (Phi) is 5.49. The smallest absolute Gasteiger partial charge is 0.410 e. The van der Waals surface area contributed by atoms with E-state index in [4.69, 9.17) is 4.74 Å². The van der Waals surface area contributed by atoms with Crippen molar-refractivity contribution in [2.45, 2.75) is 57.7 Å². The number of amides is 1. The standard InChI is InChI=1S/C18H27N3O2/c1-2-3-6-17-14-23-18(22)21(17)16-7-10-20(11-8-16)13-15-5-4-9-19-12-15/h4-5,9,12,16-17H,2-3,6-8,10-11,13-14H2,1H3. The van der Waals surface area contributed by atoms with Crippen molar-refractivity contribution in [3.05, 3.63) is 30.1 Å². The number of hydrogen-bond acceptors (Lipinski definition) is 4. The van der Waals surface area contributed by atoms with E-state index in [0.29, 0.717) is 12.6 Å². The molecule has 0 bridgehead atoms. The molecule has 5 heteroatoms. The number of likely N-dealkylation sites (tertiary alicyclic amines) is 1. The molecule has 0 aromatic carbocycles. The van der Waals surface area contributed by atoms with Crippen LogP contribution in [-0.2, 0) is 11.3 Å². The van der Waals surface area contributed by atoms with Crippen molar-refractivity contribution in [3.63, 3.8) is 0 Å². The Hall–Kier alpha value is -1.62. The number of aromatic nitrogens is 1. The van der Waals surface area contributed by atoms with Crippen LogP contribution in [0.2, 0.25) is 0 Å². The van der Waals surface area contributed by atoms with Crippen LogP contribution in [0, 0.1) is 0 Å². The topological polar surface area (TPSA) is 45.7 Å². The summed E-state index contributed by atoms with van der Waals surface area (Å²) in [6.07, 6.45) is 9.13. The van der Waals surface area contributed by atoms with Crippen LogP contribution in [0.25, 0.3) is 0 Å². The maximum atomic E-state index is 12.1. The summed E-state index contributed by atoms with van der Waals surface area (Å²) < 4.78 is 5.32. The molecule has 126 valence electrons. The van der Waals surface area contributed by atoms with Crippen LogP contribution in [0.4, 0.5) is 4.79 Å². The van der Waals surface area contributed by atoms with Gasteiger partial charge < -0.3 is 4.74 Å². The number of ether oxygens (including phenoxy) is 1. The molecule has 1 aromatic heterocycles. The van der Waals surface area contributed by atoms with Gasteiger partial charge in [-0.3, -0.25) is 14.8 Å². The molecule has 2 fully saturated rings. The van der Waals surface area contributed by atoms with Crippen molar-refractivity contribution >= 4 is 6.09 Å². The van der Waals surface area contributed by atoms with Crippen molar-refractivity contribution in [1.29, 1.82) is 0 Å². The summed E-state index contributed by atoms with van der Waals surface area (Å²) in [6.45, 7) is 5.78. The van der Waals surface area contributed by atoms with Crippen LogP contribution in [0.3, 0.4) is 0 Å². The number of pyridine rings is 1. The molecule has 2 aliphatic heterocycles. The molecule has 2 aliphatic rings. The Labute approximate surface area is 138 Å². The molecule has 3 heterocycles. The fourth-order valence-electron chi connectivity index (χ4n) is 3.69. The third-order valence-corrected chi connectivity index (χ3v) is 4.97. The van der Waals surface area contributed by atoms with E-state index in [1.165, 1.54) is 12.0 Å².